The summed E-state index contributed by atoms with van der Waals surface area (Å²) < 4.78 is 6.54. The number of nitrogens with one attached hydrogen (secondary N) is 2. The van der Waals surface area contributed by atoms with Crippen molar-refractivity contribution in [1.82, 2.24) is 15.6 Å². The molecule has 3 aliphatic heterocycles. The van der Waals surface area contributed by atoms with Gasteiger partial charge < -0.3 is 9.64 Å². The standard InChI is InChI=1S/C23H26BrN5O2S/c1-13-26-27-19-12-25-21(15-4-2-3-5-17(15)24)20-16-10-14(11-18(16)32-23(20)29(13)19)22(30)28-6-8-31-9-7-28/h2-5,13-14,21,25-26H,6-12H2,1H3. The van der Waals surface area contributed by atoms with Crippen LogP contribution in [0.4, 0.5) is 5.00 Å². The predicted octanol–water partition coefficient (Wildman–Crippen LogP) is 2.85. The summed E-state index contributed by atoms with van der Waals surface area (Å²) in [5.41, 5.74) is 7.12. The number of hydrogen-bond acceptors (Lipinski definition) is 7. The molecule has 32 heavy (non-hydrogen) atoms. The van der Waals surface area contributed by atoms with Gasteiger partial charge in [-0.3, -0.25) is 20.4 Å². The molecule has 3 unspecified atom stereocenters. The highest BCUT2D eigenvalue weighted by molar-refractivity contribution is 9.10. The topological polar surface area (TPSA) is 69.2 Å². The molecule has 4 heterocycles. The zero-order chi connectivity index (χ0) is 21.8. The molecule has 0 bridgehead atoms. The van der Waals surface area contributed by atoms with E-state index in [4.69, 9.17) is 4.74 Å². The maximum absolute atomic E-state index is 13.3. The number of hydrogen-bond donors (Lipinski definition) is 2. The highest BCUT2D eigenvalue weighted by atomic mass is 79.9. The van der Waals surface area contributed by atoms with Crippen LogP contribution in [0.3, 0.4) is 0 Å². The minimum absolute atomic E-state index is 0.0324. The third-order valence-electron chi connectivity index (χ3n) is 6.90. The number of hydrazone groups is 1. The Balaban J connectivity index is 1.40. The zero-order valence-electron chi connectivity index (χ0n) is 17.9. The number of anilines is 1. The summed E-state index contributed by atoms with van der Waals surface area (Å²) in [7, 11) is 0. The lowest BCUT2D eigenvalue weighted by atomic mass is 9.94. The van der Waals surface area contributed by atoms with Crippen molar-refractivity contribution in [3.63, 3.8) is 0 Å². The number of thiophene rings is 1. The van der Waals surface area contributed by atoms with E-state index in [0.29, 0.717) is 32.8 Å². The van der Waals surface area contributed by atoms with E-state index in [-0.39, 0.29) is 24.0 Å². The molecule has 2 N–H and O–H groups in total. The Morgan fingerprint density at radius 1 is 1.25 bits per heavy atom. The molecule has 9 heteroatoms. The fourth-order valence-corrected chi connectivity index (χ4v) is 7.39. The predicted molar refractivity (Wildman–Crippen MR) is 129 cm³/mol. The smallest absolute Gasteiger partial charge is 0.226 e. The lowest BCUT2D eigenvalue weighted by molar-refractivity contribution is -0.139. The van der Waals surface area contributed by atoms with Crippen LogP contribution < -0.4 is 15.6 Å². The fraction of sp³-hybridized carbons (Fsp3) is 0.478. The van der Waals surface area contributed by atoms with Gasteiger partial charge in [-0.05, 0) is 37.0 Å². The lowest BCUT2D eigenvalue weighted by Gasteiger charge is -2.29. The summed E-state index contributed by atoms with van der Waals surface area (Å²) in [6.07, 6.45) is 1.75. The molecule has 1 aromatic heterocycles. The first kappa shape index (κ1) is 20.7. The Bertz CT molecular complexity index is 1100. The van der Waals surface area contributed by atoms with Gasteiger partial charge in [0.1, 0.15) is 17.0 Å². The number of rotatable bonds is 2. The van der Waals surface area contributed by atoms with E-state index in [0.717, 1.165) is 23.1 Å². The molecule has 1 aromatic carbocycles. The molecular weight excluding hydrogens is 490 g/mol. The summed E-state index contributed by atoms with van der Waals surface area (Å²) in [6.45, 7) is 5.54. The third-order valence-corrected chi connectivity index (χ3v) is 8.89. The number of halogens is 1. The third kappa shape index (κ3) is 3.29. The molecule has 2 aromatic rings. The Morgan fingerprint density at radius 2 is 2.06 bits per heavy atom. The number of nitrogens with zero attached hydrogens (tertiary/aromatic N) is 3. The molecule has 1 saturated heterocycles. The molecule has 1 fully saturated rings. The first-order valence-electron chi connectivity index (χ1n) is 11.2. The number of carbonyl (C=O) groups is 1. The van der Waals surface area contributed by atoms with Crippen LogP contribution in [0.1, 0.15) is 34.5 Å². The molecule has 1 amide bonds. The van der Waals surface area contributed by atoms with Crippen molar-refractivity contribution in [2.75, 3.05) is 37.7 Å². The summed E-state index contributed by atoms with van der Waals surface area (Å²) in [5, 5.41) is 9.61. The Morgan fingerprint density at radius 3 is 2.88 bits per heavy atom. The maximum Gasteiger partial charge on any atom is 0.226 e. The largest absolute Gasteiger partial charge is 0.378 e. The number of ether oxygens (including phenoxy) is 1. The SMILES string of the molecule is CC1NN=C2CNC(c3ccccc3Br)c3c(sc4c3CC(C(=O)N3CCOCC3)C4)N21. The van der Waals surface area contributed by atoms with Crippen LogP contribution in [-0.2, 0) is 22.4 Å². The van der Waals surface area contributed by atoms with E-state index < -0.39 is 0 Å². The second-order valence-electron chi connectivity index (χ2n) is 8.80. The monoisotopic (exact) mass is 515 g/mol. The van der Waals surface area contributed by atoms with E-state index in [2.05, 4.69) is 67.9 Å². The van der Waals surface area contributed by atoms with E-state index >= 15 is 0 Å². The van der Waals surface area contributed by atoms with Crippen molar-refractivity contribution in [2.45, 2.75) is 32.0 Å². The highest BCUT2D eigenvalue weighted by Crippen LogP contribution is 2.49. The summed E-state index contributed by atoms with van der Waals surface area (Å²) in [4.78, 5) is 18.9. The van der Waals surface area contributed by atoms with E-state index in [1.807, 2.05) is 16.2 Å². The van der Waals surface area contributed by atoms with Crippen LogP contribution in [0.5, 0.6) is 0 Å². The van der Waals surface area contributed by atoms with Gasteiger partial charge in [0.15, 0.2) is 0 Å². The summed E-state index contributed by atoms with van der Waals surface area (Å²) >= 11 is 5.62. The minimum Gasteiger partial charge on any atom is -0.378 e. The van der Waals surface area contributed by atoms with Crippen LogP contribution in [0.25, 0.3) is 0 Å². The zero-order valence-corrected chi connectivity index (χ0v) is 20.3. The number of amidine groups is 1. The number of morpholine rings is 1. The molecule has 0 radical (unpaired) electrons. The van der Waals surface area contributed by atoms with Gasteiger partial charge in [0.25, 0.3) is 0 Å². The Hall–Kier alpha value is -1.94. The van der Waals surface area contributed by atoms with Crippen molar-refractivity contribution in [2.24, 2.45) is 11.0 Å². The van der Waals surface area contributed by atoms with Gasteiger partial charge in [-0.2, -0.15) is 5.10 Å². The molecule has 3 atom stereocenters. The van der Waals surface area contributed by atoms with Gasteiger partial charge in [0.2, 0.25) is 5.91 Å². The first-order chi connectivity index (χ1) is 15.6. The number of carbonyl (C=O) groups excluding carboxylic acids is 1. The summed E-state index contributed by atoms with van der Waals surface area (Å²) in [6, 6.07) is 8.47. The minimum atomic E-state index is 0.0324. The fourth-order valence-electron chi connectivity index (χ4n) is 5.33. The second-order valence-corrected chi connectivity index (χ2v) is 10.7. The number of fused-ring (bicyclic) bond motifs is 5. The Kier molecular flexibility index (Phi) is 5.24. The van der Waals surface area contributed by atoms with Crippen molar-refractivity contribution < 1.29 is 9.53 Å². The van der Waals surface area contributed by atoms with Gasteiger partial charge >= 0.3 is 0 Å². The molecule has 4 aliphatic rings. The van der Waals surface area contributed by atoms with Gasteiger partial charge in [0.05, 0.1) is 25.8 Å². The average Bonchev–Trinajstić information content (AvgIpc) is 3.45. The second kappa shape index (κ2) is 8.13. The van der Waals surface area contributed by atoms with Crippen molar-refractivity contribution in [3.05, 3.63) is 50.3 Å². The van der Waals surface area contributed by atoms with E-state index in [9.17, 15) is 4.79 Å². The first-order valence-corrected chi connectivity index (χ1v) is 12.8. The van der Waals surface area contributed by atoms with Gasteiger partial charge in [-0.25, -0.2) is 0 Å². The molecular formula is C23H26BrN5O2S. The van der Waals surface area contributed by atoms with Crippen LogP contribution in [0.15, 0.2) is 33.8 Å². The summed E-state index contributed by atoms with van der Waals surface area (Å²) in [5.74, 6) is 1.34. The number of amides is 1. The normalized spacial score (nSPS) is 26.7. The van der Waals surface area contributed by atoms with Crippen LogP contribution >= 0.6 is 27.3 Å². The highest BCUT2D eigenvalue weighted by Gasteiger charge is 2.42. The quantitative estimate of drug-likeness (QED) is 0.643. The van der Waals surface area contributed by atoms with Gasteiger partial charge in [-0.1, -0.05) is 34.1 Å². The molecule has 0 spiro atoms. The maximum atomic E-state index is 13.3. The Labute approximate surface area is 199 Å². The van der Waals surface area contributed by atoms with E-state index in [1.165, 1.54) is 26.6 Å². The average molecular weight is 516 g/mol. The lowest BCUT2D eigenvalue weighted by Crippen LogP contribution is -2.44. The van der Waals surface area contributed by atoms with E-state index in [1.54, 1.807) is 0 Å². The van der Waals surface area contributed by atoms with Crippen LogP contribution in [0.2, 0.25) is 0 Å². The van der Waals surface area contributed by atoms with Gasteiger partial charge in [0, 0.05) is 33.9 Å². The molecule has 1 aliphatic carbocycles. The molecule has 6 rings (SSSR count). The van der Waals surface area contributed by atoms with Gasteiger partial charge in [-0.15, -0.1) is 11.3 Å². The van der Waals surface area contributed by atoms with Crippen LogP contribution in [0, 0.1) is 5.92 Å². The van der Waals surface area contributed by atoms with Crippen molar-refractivity contribution in [3.8, 4) is 0 Å². The molecule has 0 saturated carbocycles. The van der Waals surface area contributed by atoms with Crippen LogP contribution in [-0.4, -0.2) is 55.7 Å². The number of benzene rings is 1. The molecule has 7 nitrogen and oxygen atoms in total. The molecule has 168 valence electrons. The van der Waals surface area contributed by atoms with Crippen molar-refractivity contribution in [1.29, 1.82) is 0 Å². The van der Waals surface area contributed by atoms with Crippen molar-refractivity contribution >= 4 is 44.0 Å².